The highest BCUT2D eigenvalue weighted by molar-refractivity contribution is 5.98. The molecule has 7 nitrogen and oxygen atoms in total. The van der Waals surface area contributed by atoms with Crippen molar-refractivity contribution >= 4 is 11.6 Å². The number of primary amides is 1. The van der Waals surface area contributed by atoms with Crippen LogP contribution in [0.25, 0.3) is 0 Å². The number of nitrogens with two attached hydrogens (primary N) is 1. The number of aromatic nitrogens is 1. The first-order valence-electron chi connectivity index (χ1n) is 5.36. The van der Waals surface area contributed by atoms with Crippen molar-refractivity contribution in [1.29, 1.82) is 0 Å². The van der Waals surface area contributed by atoms with Gasteiger partial charge in [-0.15, -0.1) is 5.53 Å². The van der Waals surface area contributed by atoms with Crippen molar-refractivity contribution in [2.75, 3.05) is 18.7 Å². The number of anilines is 1. The molecule has 0 atom stereocenters. The summed E-state index contributed by atoms with van der Waals surface area (Å²) < 4.78 is 12.5. The molecule has 4 N–H and O–H groups in total. The van der Waals surface area contributed by atoms with E-state index in [1.54, 1.807) is 24.4 Å². The number of nitrogens with zero attached hydrogens (tertiary/aromatic N) is 2. The monoisotopic (exact) mass is 236 g/mol. The van der Waals surface area contributed by atoms with Crippen LogP contribution >= 0.6 is 0 Å². The summed E-state index contributed by atoms with van der Waals surface area (Å²) in [6.45, 7) is 0.295. The van der Waals surface area contributed by atoms with Gasteiger partial charge in [0.1, 0.15) is 0 Å². The first-order valence-corrected chi connectivity index (χ1v) is 4.91. The molecule has 1 aliphatic heterocycles. The van der Waals surface area contributed by atoms with E-state index in [2.05, 4.69) is 10.5 Å². The Morgan fingerprint density at radius 1 is 1.76 bits per heavy atom. The van der Waals surface area contributed by atoms with Crippen molar-refractivity contribution in [3.63, 3.8) is 0 Å². The van der Waals surface area contributed by atoms with E-state index in [1.165, 1.54) is 12.4 Å². The smallest absolute Gasteiger partial charge is 0.252 e. The molecule has 1 aliphatic rings. The van der Waals surface area contributed by atoms with Crippen LogP contribution in [0.5, 0.6) is 0 Å². The van der Waals surface area contributed by atoms with E-state index in [-0.39, 0.29) is 5.56 Å². The number of nitrogens with one attached hydrogen (secondary N) is 2. The topological polar surface area (TPSA) is 92.5 Å². The minimum Gasteiger partial charge on any atom is -0.378 e. The van der Waals surface area contributed by atoms with Crippen molar-refractivity contribution in [2.24, 2.45) is 5.73 Å². The zero-order valence-corrected chi connectivity index (χ0v) is 9.25. The van der Waals surface area contributed by atoms with Gasteiger partial charge in [-0.1, -0.05) is 0 Å². The fraction of sp³-hybridized carbons (Fsp3) is 0.200. The summed E-state index contributed by atoms with van der Waals surface area (Å²) in [5.41, 5.74) is 10.5. The highest BCUT2D eigenvalue weighted by atomic mass is 16.5. The summed E-state index contributed by atoms with van der Waals surface area (Å²) >= 11 is 0. The van der Waals surface area contributed by atoms with Crippen molar-refractivity contribution in [1.82, 2.24) is 15.9 Å². The van der Waals surface area contributed by atoms with Crippen molar-refractivity contribution in [3.05, 3.63) is 35.9 Å². The van der Waals surface area contributed by atoms with Crippen LogP contribution in [-0.2, 0) is 4.74 Å². The average molecular weight is 236 g/mol. The van der Waals surface area contributed by atoms with Crippen molar-refractivity contribution in [2.45, 2.75) is 0 Å². The Morgan fingerprint density at radius 2 is 2.59 bits per heavy atom. The highest BCUT2D eigenvalue weighted by Gasteiger charge is 2.21. The van der Waals surface area contributed by atoms with Crippen LogP contribution in [0.3, 0.4) is 0 Å². The van der Waals surface area contributed by atoms with Crippen LogP contribution in [0, 0.1) is 0 Å². The molecule has 1 amide bonds. The number of amides is 1. The first kappa shape index (κ1) is 10.1. The Balaban J connectivity index is 2.37. The van der Waals surface area contributed by atoms with Crippen LogP contribution < -0.4 is 21.7 Å². The molecule has 0 saturated heterocycles. The number of ether oxygens (including phenoxy) is 1. The third-order valence-corrected chi connectivity index (χ3v) is 2.26. The first-order chi connectivity index (χ1) is 8.63. The quantitative estimate of drug-likeness (QED) is 0.652. The van der Waals surface area contributed by atoms with Crippen LogP contribution in [0.2, 0.25) is 1.41 Å². The van der Waals surface area contributed by atoms with Gasteiger partial charge in [0.05, 0.1) is 23.6 Å². The summed E-state index contributed by atoms with van der Waals surface area (Å²) in [6, 6.07) is 1.63. The van der Waals surface area contributed by atoms with Crippen LogP contribution in [0.1, 0.15) is 10.4 Å². The van der Waals surface area contributed by atoms with Crippen LogP contribution in [0.15, 0.2) is 30.4 Å². The number of carbonyl (C=O) groups excluding carboxylic acids is 1. The molecule has 0 aliphatic carbocycles. The zero-order chi connectivity index (χ0) is 13.1. The summed E-state index contributed by atoms with van der Waals surface area (Å²) in [5.74, 6) is -0.583. The average Bonchev–Trinajstić information content (AvgIpc) is 2.71. The molecule has 0 saturated carbocycles. The summed E-state index contributed by atoms with van der Waals surface area (Å²) in [7, 11) is 1.55. The molecule has 0 unspecified atom stereocenters. The Morgan fingerprint density at radius 3 is 3.29 bits per heavy atom. The lowest BCUT2D eigenvalue weighted by Crippen LogP contribution is -2.39. The third kappa shape index (κ3) is 2.19. The van der Waals surface area contributed by atoms with Gasteiger partial charge < -0.3 is 15.9 Å². The standard InChI is InChI=1S/C10H13N5O2/c1-17-6-7-4-13-14-15(7)9-2-3-12-5-8(9)10(11)16/h2-5,13-14H,6H2,1H3,(H2,11,16)/i/hD. The molecular weight excluding hydrogens is 222 g/mol. The summed E-state index contributed by atoms with van der Waals surface area (Å²) in [5, 5.41) is 1.55. The van der Waals surface area contributed by atoms with Gasteiger partial charge in [-0.3, -0.25) is 14.8 Å². The molecule has 2 rings (SSSR count). The minimum absolute atomic E-state index is 0.266. The molecule has 0 radical (unpaired) electrons. The van der Waals surface area contributed by atoms with Gasteiger partial charge in [0.15, 0.2) is 1.41 Å². The summed E-state index contributed by atoms with van der Waals surface area (Å²) in [4.78, 5) is 15.2. The fourth-order valence-electron chi connectivity index (χ4n) is 1.51. The molecule has 0 fully saturated rings. The summed E-state index contributed by atoms with van der Waals surface area (Å²) in [6.07, 6.45) is 4.46. The van der Waals surface area contributed by atoms with Gasteiger partial charge in [0, 0.05) is 25.7 Å². The second-order valence-electron chi connectivity index (χ2n) is 3.38. The Hall–Kier alpha value is -2.12. The van der Waals surface area contributed by atoms with Gasteiger partial charge in [-0.25, -0.2) is 0 Å². The predicted molar refractivity (Wildman–Crippen MR) is 61.5 cm³/mol. The van der Waals surface area contributed by atoms with Crippen LogP contribution in [-0.4, -0.2) is 24.6 Å². The number of hydrogen-bond donors (Lipinski definition) is 3. The van der Waals surface area contributed by atoms with E-state index in [1.807, 2.05) is 0 Å². The van der Waals surface area contributed by atoms with E-state index in [0.29, 0.717) is 18.0 Å². The second-order valence-corrected chi connectivity index (χ2v) is 3.38. The zero-order valence-electron chi connectivity index (χ0n) is 10.3. The van der Waals surface area contributed by atoms with Gasteiger partial charge >= 0.3 is 0 Å². The van der Waals surface area contributed by atoms with E-state index in [9.17, 15) is 4.79 Å². The fourth-order valence-corrected chi connectivity index (χ4v) is 1.51. The number of rotatable bonds is 4. The maximum Gasteiger partial charge on any atom is 0.252 e. The van der Waals surface area contributed by atoms with Crippen molar-refractivity contribution < 1.29 is 10.9 Å². The molecule has 90 valence electrons. The Kier molecular flexibility index (Phi) is 2.85. The number of hydrazine groups is 2. The lowest BCUT2D eigenvalue weighted by Gasteiger charge is -2.22. The minimum atomic E-state index is -0.583. The maximum absolute atomic E-state index is 11.3. The number of hydrogen-bond acceptors (Lipinski definition) is 6. The molecule has 0 bridgehead atoms. The molecule has 2 heterocycles. The number of methoxy groups -OCH3 is 1. The largest absolute Gasteiger partial charge is 0.378 e. The van der Waals surface area contributed by atoms with E-state index >= 15 is 0 Å². The normalized spacial score (nSPS) is 15.8. The molecule has 1 aromatic rings. The molecule has 7 heteroatoms. The lowest BCUT2D eigenvalue weighted by atomic mass is 10.2. The van der Waals surface area contributed by atoms with Gasteiger partial charge in [-0.2, -0.15) is 0 Å². The molecule has 1 aromatic heterocycles. The lowest BCUT2D eigenvalue weighted by molar-refractivity contribution is 0.100. The van der Waals surface area contributed by atoms with Crippen LogP contribution in [0.4, 0.5) is 5.69 Å². The third-order valence-electron chi connectivity index (χ3n) is 2.26. The van der Waals surface area contributed by atoms with Crippen molar-refractivity contribution in [3.8, 4) is 0 Å². The Bertz CT molecular complexity index is 493. The number of pyridine rings is 1. The van der Waals surface area contributed by atoms with Gasteiger partial charge in [0.2, 0.25) is 0 Å². The van der Waals surface area contributed by atoms with Gasteiger partial charge in [0.25, 0.3) is 5.91 Å². The van der Waals surface area contributed by atoms with E-state index in [4.69, 9.17) is 11.9 Å². The predicted octanol–water partition coefficient (Wildman–Crippen LogP) is -0.503. The van der Waals surface area contributed by atoms with E-state index in [0.717, 1.165) is 5.42 Å². The highest BCUT2D eigenvalue weighted by Crippen LogP contribution is 2.22. The molecular formula is C10H13N5O2. The molecule has 0 spiro atoms. The van der Waals surface area contributed by atoms with E-state index < -0.39 is 5.91 Å². The number of carbonyl (C=O) groups is 1. The SMILES string of the molecule is [2H]N1C=C(COC)N(c2ccncc2C(N)=O)N1. The maximum atomic E-state index is 11.3. The second kappa shape index (κ2) is 4.81. The van der Waals surface area contributed by atoms with Gasteiger partial charge in [-0.05, 0) is 6.07 Å². The Labute approximate surface area is 99.7 Å². The molecule has 17 heavy (non-hydrogen) atoms. The molecule has 0 aromatic carbocycles.